The lowest BCUT2D eigenvalue weighted by molar-refractivity contribution is -0.120. The van der Waals surface area contributed by atoms with E-state index in [1.54, 1.807) is 0 Å². The van der Waals surface area contributed by atoms with Crippen LogP contribution < -0.4 is 16.0 Å². The zero-order valence-corrected chi connectivity index (χ0v) is 13.5. The van der Waals surface area contributed by atoms with Crippen molar-refractivity contribution in [3.8, 4) is 0 Å². The smallest absolute Gasteiger partial charge is 0.239 e. The van der Waals surface area contributed by atoms with Crippen molar-refractivity contribution in [1.29, 1.82) is 0 Å². The molecule has 2 rings (SSSR count). The summed E-state index contributed by atoms with van der Waals surface area (Å²) in [7, 11) is 0. The molecule has 3 N–H and O–H groups in total. The molecule has 0 saturated carbocycles. The van der Waals surface area contributed by atoms with E-state index in [1.807, 2.05) is 30.3 Å². The summed E-state index contributed by atoms with van der Waals surface area (Å²) in [5.74, 6) is 0.0531. The molecule has 4 heteroatoms. The van der Waals surface area contributed by atoms with E-state index >= 15 is 0 Å². The molecule has 1 fully saturated rings. The quantitative estimate of drug-likeness (QED) is 0.798. The topological polar surface area (TPSA) is 53.2 Å². The molecular weight excluding hydrogens is 262 g/mol. The maximum absolute atomic E-state index is 12.1. The molecule has 1 aromatic carbocycles. The van der Waals surface area contributed by atoms with Gasteiger partial charge in [0.2, 0.25) is 5.91 Å². The highest BCUT2D eigenvalue weighted by molar-refractivity contribution is 5.81. The van der Waals surface area contributed by atoms with Crippen molar-refractivity contribution in [3.05, 3.63) is 30.3 Å². The largest absolute Gasteiger partial charge is 0.376 e. The number of amides is 1. The second kappa shape index (κ2) is 6.06. The fourth-order valence-corrected chi connectivity index (χ4v) is 3.44. The SMILES string of the molecule is CC1(C)CC(NC(=O)CNc2ccccc2)CC(C)(C)N1. The summed E-state index contributed by atoms with van der Waals surface area (Å²) in [6, 6.07) is 10.0. The van der Waals surface area contributed by atoms with Crippen LogP contribution >= 0.6 is 0 Å². The van der Waals surface area contributed by atoms with Crippen molar-refractivity contribution in [2.75, 3.05) is 11.9 Å². The molecule has 1 aromatic rings. The molecule has 0 radical (unpaired) electrons. The number of hydrogen-bond donors (Lipinski definition) is 3. The van der Waals surface area contributed by atoms with Crippen LogP contribution in [0.5, 0.6) is 0 Å². The Morgan fingerprint density at radius 2 is 1.71 bits per heavy atom. The van der Waals surface area contributed by atoms with Gasteiger partial charge in [-0.05, 0) is 52.7 Å². The number of rotatable bonds is 4. The van der Waals surface area contributed by atoms with Crippen molar-refractivity contribution in [2.45, 2.75) is 57.7 Å². The molecule has 1 heterocycles. The second-order valence-electron chi connectivity index (χ2n) is 7.29. The molecule has 21 heavy (non-hydrogen) atoms. The highest BCUT2D eigenvalue weighted by atomic mass is 16.2. The molecule has 0 atom stereocenters. The third-order valence-corrected chi connectivity index (χ3v) is 3.78. The van der Waals surface area contributed by atoms with Crippen LogP contribution in [0.2, 0.25) is 0 Å². The Morgan fingerprint density at radius 1 is 1.14 bits per heavy atom. The van der Waals surface area contributed by atoms with Gasteiger partial charge in [0.1, 0.15) is 0 Å². The third kappa shape index (κ3) is 5.05. The van der Waals surface area contributed by atoms with Gasteiger partial charge >= 0.3 is 0 Å². The third-order valence-electron chi connectivity index (χ3n) is 3.78. The summed E-state index contributed by atoms with van der Waals surface area (Å²) in [6.45, 7) is 9.07. The standard InChI is InChI=1S/C17H27N3O/c1-16(2)10-14(11-17(3,4)20-16)19-15(21)12-18-13-8-6-5-7-9-13/h5-9,14,18,20H,10-12H2,1-4H3,(H,19,21). The van der Waals surface area contributed by atoms with Crippen molar-refractivity contribution >= 4 is 11.6 Å². The van der Waals surface area contributed by atoms with Gasteiger partial charge in [-0.25, -0.2) is 0 Å². The van der Waals surface area contributed by atoms with E-state index in [4.69, 9.17) is 0 Å². The van der Waals surface area contributed by atoms with Crippen molar-refractivity contribution in [1.82, 2.24) is 10.6 Å². The number of hydrogen-bond acceptors (Lipinski definition) is 3. The lowest BCUT2D eigenvalue weighted by Gasteiger charge is -2.46. The second-order valence-corrected chi connectivity index (χ2v) is 7.29. The number of nitrogens with one attached hydrogen (secondary N) is 3. The Labute approximate surface area is 127 Å². The van der Waals surface area contributed by atoms with Crippen LogP contribution in [0, 0.1) is 0 Å². The first-order chi connectivity index (χ1) is 9.76. The molecule has 1 aliphatic rings. The van der Waals surface area contributed by atoms with E-state index in [0.717, 1.165) is 18.5 Å². The minimum Gasteiger partial charge on any atom is -0.376 e. The minimum absolute atomic E-state index is 0.0482. The lowest BCUT2D eigenvalue weighted by Crippen LogP contribution is -2.62. The number of benzene rings is 1. The minimum atomic E-state index is 0.0482. The molecule has 0 spiro atoms. The van der Waals surface area contributed by atoms with Crippen LogP contribution in [0.15, 0.2) is 30.3 Å². The fourth-order valence-electron chi connectivity index (χ4n) is 3.44. The summed E-state index contributed by atoms with van der Waals surface area (Å²) in [5.41, 5.74) is 1.07. The van der Waals surface area contributed by atoms with Crippen LogP contribution in [-0.2, 0) is 4.79 Å². The molecule has 0 aromatic heterocycles. The molecule has 116 valence electrons. The van der Waals surface area contributed by atoms with Gasteiger partial charge in [0, 0.05) is 22.8 Å². The number of anilines is 1. The predicted octanol–water partition coefficient (Wildman–Crippen LogP) is 2.52. The van der Waals surface area contributed by atoms with Gasteiger partial charge < -0.3 is 16.0 Å². The van der Waals surface area contributed by atoms with Gasteiger partial charge in [-0.3, -0.25) is 4.79 Å². The van der Waals surface area contributed by atoms with Crippen molar-refractivity contribution in [3.63, 3.8) is 0 Å². The maximum atomic E-state index is 12.1. The van der Waals surface area contributed by atoms with Crippen LogP contribution in [-0.4, -0.2) is 29.6 Å². The Balaban J connectivity index is 1.85. The molecule has 1 aliphatic heterocycles. The first kappa shape index (κ1) is 15.8. The van der Waals surface area contributed by atoms with E-state index < -0.39 is 0 Å². The van der Waals surface area contributed by atoms with Crippen molar-refractivity contribution in [2.24, 2.45) is 0 Å². The predicted molar refractivity (Wildman–Crippen MR) is 87.4 cm³/mol. The van der Waals surface area contributed by atoms with Gasteiger partial charge in [-0.2, -0.15) is 0 Å². The zero-order valence-electron chi connectivity index (χ0n) is 13.5. The van der Waals surface area contributed by atoms with Gasteiger partial charge in [0.05, 0.1) is 6.54 Å². The zero-order chi connectivity index (χ0) is 15.5. The van der Waals surface area contributed by atoms with Gasteiger partial charge in [-0.1, -0.05) is 18.2 Å². The van der Waals surface area contributed by atoms with Crippen LogP contribution in [0.1, 0.15) is 40.5 Å². The summed E-state index contributed by atoms with van der Waals surface area (Å²) in [6.07, 6.45) is 1.90. The highest BCUT2D eigenvalue weighted by Gasteiger charge is 2.37. The average molecular weight is 289 g/mol. The molecule has 0 bridgehead atoms. The molecule has 4 nitrogen and oxygen atoms in total. The monoisotopic (exact) mass is 289 g/mol. The average Bonchev–Trinajstić information content (AvgIpc) is 2.33. The fraction of sp³-hybridized carbons (Fsp3) is 0.588. The lowest BCUT2D eigenvalue weighted by atomic mass is 9.79. The van der Waals surface area contributed by atoms with E-state index in [1.165, 1.54) is 0 Å². The van der Waals surface area contributed by atoms with Gasteiger partial charge in [0.15, 0.2) is 0 Å². The van der Waals surface area contributed by atoms with Gasteiger partial charge in [-0.15, -0.1) is 0 Å². The number of carbonyl (C=O) groups is 1. The van der Waals surface area contributed by atoms with Gasteiger partial charge in [0.25, 0.3) is 0 Å². The Bertz CT molecular complexity index is 466. The molecule has 0 aliphatic carbocycles. The van der Waals surface area contributed by atoms with Crippen LogP contribution in [0.25, 0.3) is 0 Å². The summed E-state index contributed by atoms with van der Waals surface area (Å²) < 4.78 is 0. The number of carbonyl (C=O) groups excluding carboxylic acids is 1. The molecule has 1 amide bonds. The maximum Gasteiger partial charge on any atom is 0.239 e. The van der Waals surface area contributed by atoms with E-state index in [9.17, 15) is 4.79 Å². The molecule has 1 saturated heterocycles. The summed E-state index contributed by atoms with van der Waals surface area (Å²) >= 11 is 0. The normalized spacial score (nSPS) is 20.8. The number of para-hydroxylation sites is 1. The first-order valence-corrected chi connectivity index (χ1v) is 7.63. The molecule has 0 unspecified atom stereocenters. The van der Waals surface area contributed by atoms with E-state index in [-0.39, 0.29) is 23.0 Å². The van der Waals surface area contributed by atoms with E-state index in [2.05, 4.69) is 43.6 Å². The summed E-state index contributed by atoms with van der Waals surface area (Å²) in [4.78, 5) is 12.1. The Hall–Kier alpha value is -1.55. The Morgan fingerprint density at radius 3 is 2.29 bits per heavy atom. The first-order valence-electron chi connectivity index (χ1n) is 7.63. The van der Waals surface area contributed by atoms with E-state index in [0.29, 0.717) is 6.54 Å². The van der Waals surface area contributed by atoms with Crippen LogP contribution in [0.3, 0.4) is 0 Å². The highest BCUT2D eigenvalue weighted by Crippen LogP contribution is 2.28. The van der Waals surface area contributed by atoms with Crippen molar-refractivity contribution < 1.29 is 4.79 Å². The Kier molecular flexibility index (Phi) is 4.57. The summed E-state index contributed by atoms with van der Waals surface area (Å²) in [5, 5.41) is 9.93. The molecular formula is C17H27N3O. The van der Waals surface area contributed by atoms with Crippen LogP contribution in [0.4, 0.5) is 5.69 Å². The number of piperidine rings is 1.